The highest BCUT2D eigenvalue weighted by Crippen LogP contribution is 2.29. The first-order valence-electron chi connectivity index (χ1n) is 6.56. The van der Waals surface area contributed by atoms with Crippen molar-refractivity contribution in [2.45, 2.75) is 12.0 Å². The van der Waals surface area contributed by atoms with Crippen molar-refractivity contribution < 1.29 is 18.3 Å². The predicted molar refractivity (Wildman–Crippen MR) is 74.5 cm³/mol. The van der Waals surface area contributed by atoms with E-state index in [9.17, 15) is 13.6 Å². The lowest BCUT2D eigenvalue weighted by Crippen LogP contribution is -2.47. The van der Waals surface area contributed by atoms with Crippen LogP contribution in [0.1, 0.15) is 22.6 Å². The zero-order valence-electron chi connectivity index (χ0n) is 11.3. The van der Waals surface area contributed by atoms with Crippen LogP contribution in [0.3, 0.4) is 0 Å². The highest BCUT2D eigenvalue weighted by atomic mass is 35.5. The molecule has 2 N–H and O–H groups in total. The fraction of sp³-hybridized carbons (Fsp3) is 0.286. The summed E-state index contributed by atoms with van der Waals surface area (Å²) in [4.78, 5) is 19.5. The molecule has 0 bridgehead atoms. The van der Waals surface area contributed by atoms with Gasteiger partial charge in [0.25, 0.3) is 5.91 Å². The maximum absolute atomic E-state index is 13.3. The largest absolute Gasteiger partial charge is 0.378 e. The Morgan fingerprint density at radius 1 is 1.41 bits per heavy atom. The number of benzene rings is 1. The quantitative estimate of drug-likeness (QED) is 0.851. The highest BCUT2D eigenvalue weighted by Gasteiger charge is 2.41. The van der Waals surface area contributed by atoms with Crippen molar-refractivity contribution in [3.8, 4) is 0 Å². The Kier molecular flexibility index (Phi) is 3.84. The molecule has 1 aromatic carbocycles. The number of carbonyl (C=O) groups is 1. The van der Waals surface area contributed by atoms with E-state index in [1.807, 2.05) is 0 Å². The molecule has 1 unspecified atom stereocenters. The Bertz CT molecular complexity index is 700. The molecule has 1 atom stereocenters. The molecule has 22 heavy (non-hydrogen) atoms. The van der Waals surface area contributed by atoms with Crippen LogP contribution in [0.5, 0.6) is 0 Å². The van der Waals surface area contributed by atoms with Crippen LogP contribution in [0, 0.1) is 11.6 Å². The van der Waals surface area contributed by atoms with Gasteiger partial charge in [0.15, 0.2) is 11.6 Å². The number of hydrogen-bond acceptors (Lipinski definition) is 3. The maximum Gasteiger partial charge on any atom is 0.253 e. The first kappa shape index (κ1) is 14.9. The SMILES string of the molecule is O=C(NC1(c2ncc[nH]2)CCOC1)c1cc(F)c(F)cc1Cl. The molecular weight excluding hydrogens is 316 g/mol. The molecule has 0 radical (unpaired) electrons. The van der Waals surface area contributed by atoms with E-state index >= 15 is 0 Å². The molecule has 0 saturated carbocycles. The zero-order valence-corrected chi connectivity index (χ0v) is 12.1. The fourth-order valence-corrected chi connectivity index (χ4v) is 2.65. The monoisotopic (exact) mass is 327 g/mol. The number of aromatic amines is 1. The van der Waals surface area contributed by atoms with Crippen molar-refractivity contribution in [2.75, 3.05) is 13.2 Å². The molecule has 0 aliphatic carbocycles. The van der Waals surface area contributed by atoms with Gasteiger partial charge in [0.2, 0.25) is 0 Å². The fourth-order valence-electron chi connectivity index (χ4n) is 2.42. The molecule has 3 rings (SSSR count). The van der Waals surface area contributed by atoms with Gasteiger partial charge in [-0.25, -0.2) is 13.8 Å². The third-order valence-electron chi connectivity index (χ3n) is 3.58. The van der Waals surface area contributed by atoms with Gasteiger partial charge < -0.3 is 15.0 Å². The minimum Gasteiger partial charge on any atom is -0.378 e. The van der Waals surface area contributed by atoms with Gasteiger partial charge in [-0.2, -0.15) is 0 Å². The molecule has 1 amide bonds. The van der Waals surface area contributed by atoms with Crippen molar-refractivity contribution in [1.82, 2.24) is 15.3 Å². The second-order valence-corrected chi connectivity index (χ2v) is 5.43. The van der Waals surface area contributed by atoms with E-state index in [0.717, 1.165) is 12.1 Å². The third-order valence-corrected chi connectivity index (χ3v) is 3.89. The van der Waals surface area contributed by atoms with Crippen LogP contribution in [-0.4, -0.2) is 29.1 Å². The van der Waals surface area contributed by atoms with Crippen LogP contribution in [-0.2, 0) is 10.3 Å². The smallest absolute Gasteiger partial charge is 0.253 e. The van der Waals surface area contributed by atoms with Crippen LogP contribution in [0.25, 0.3) is 0 Å². The third kappa shape index (κ3) is 2.57. The van der Waals surface area contributed by atoms with Gasteiger partial charge in [0.05, 0.1) is 17.2 Å². The van der Waals surface area contributed by atoms with Gasteiger partial charge in [-0.05, 0) is 12.1 Å². The Balaban J connectivity index is 1.91. The molecule has 1 aliphatic rings. The molecule has 1 saturated heterocycles. The van der Waals surface area contributed by atoms with Gasteiger partial charge in [0, 0.05) is 25.4 Å². The van der Waals surface area contributed by atoms with Gasteiger partial charge >= 0.3 is 0 Å². The molecule has 2 aromatic rings. The molecule has 1 fully saturated rings. The predicted octanol–water partition coefficient (Wildman–Crippen LogP) is 2.39. The van der Waals surface area contributed by atoms with Crippen LogP contribution in [0.15, 0.2) is 24.5 Å². The summed E-state index contributed by atoms with van der Waals surface area (Å²) in [7, 11) is 0. The van der Waals surface area contributed by atoms with E-state index in [1.54, 1.807) is 12.4 Å². The number of carbonyl (C=O) groups excluding carboxylic acids is 1. The van der Waals surface area contributed by atoms with Gasteiger partial charge in [0.1, 0.15) is 11.4 Å². The number of ether oxygens (including phenoxy) is 1. The molecule has 1 aliphatic heterocycles. The number of halogens is 3. The summed E-state index contributed by atoms with van der Waals surface area (Å²) >= 11 is 5.83. The number of amides is 1. The van der Waals surface area contributed by atoms with Crippen molar-refractivity contribution in [2.24, 2.45) is 0 Å². The Morgan fingerprint density at radius 2 is 2.18 bits per heavy atom. The van der Waals surface area contributed by atoms with Crippen molar-refractivity contribution in [1.29, 1.82) is 0 Å². The summed E-state index contributed by atoms with van der Waals surface area (Å²) in [5.41, 5.74) is -0.979. The maximum atomic E-state index is 13.3. The normalized spacial score (nSPS) is 21.0. The summed E-state index contributed by atoms with van der Waals surface area (Å²) < 4.78 is 31.8. The second-order valence-electron chi connectivity index (χ2n) is 5.02. The van der Waals surface area contributed by atoms with E-state index < -0.39 is 23.1 Å². The summed E-state index contributed by atoms with van der Waals surface area (Å²) in [6, 6.07) is 1.55. The minimum atomic E-state index is -1.13. The van der Waals surface area contributed by atoms with Crippen LogP contribution in [0.4, 0.5) is 8.78 Å². The van der Waals surface area contributed by atoms with E-state index in [2.05, 4.69) is 15.3 Å². The molecule has 2 heterocycles. The van der Waals surface area contributed by atoms with Crippen molar-refractivity contribution in [3.05, 3.63) is 52.6 Å². The van der Waals surface area contributed by atoms with E-state index in [0.29, 0.717) is 18.9 Å². The first-order valence-corrected chi connectivity index (χ1v) is 6.94. The number of nitrogens with zero attached hydrogens (tertiary/aromatic N) is 1. The standard InChI is InChI=1S/C14H12ClF2N3O2/c15-9-6-11(17)10(16)5-8(9)12(21)20-14(1-4-22-7-14)13-18-2-3-19-13/h2-3,5-6H,1,4,7H2,(H,18,19)(H,20,21). The lowest BCUT2D eigenvalue weighted by Gasteiger charge is -2.26. The Hall–Kier alpha value is -1.99. The van der Waals surface area contributed by atoms with Gasteiger partial charge in [-0.3, -0.25) is 4.79 Å². The molecular formula is C14H12ClF2N3O2. The number of nitrogens with one attached hydrogen (secondary N) is 2. The Labute approximate surface area is 129 Å². The lowest BCUT2D eigenvalue weighted by atomic mass is 9.97. The number of rotatable bonds is 3. The highest BCUT2D eigenvalue weighted by molar-refractivity contribution is 6.33. The average molecular weight is 328 g/mol. The average Bonchev–Trinajstić information content (AvgIpc) is 3.14. The van der Waals surface area contributed by atoms with E-state index in [4.69, 9.17) is 16.3 Å². The van der Waals surface area contributed by atoms with Crippen LogP contribution in [0.2, 0.25) is 5.02 Å². The summed E-state index contributed by atoms with van der Waals surface area (Å²) in [6.07, 6.45) is 3.70. The van der Waals surface area contributed by atoms with E-state index in [-0.39, 0.29) is 17.2 Å². The molecule has 5 nitrogen and oxygen atoms in total. The van der Waals surface area contributed by atoms with Gasteiger partial charge in [-0.15, -0.1) is 0 Å². The first-order chi connectivity index (χ1) is 10.5. The summed E-state index contributed by atoms with van der Waals surface area (Å²) in [5.74, 6) is -2.32. The lowest BCUT2D eigenvalue weighted by molar-refractivity contribution is 0.0869. The van der Waals surface area contributed by atoms with E-state index in [1.165, 1.54) is 0 Å². The second kappa shape index (κ2) is 5.66. The topological polar surface area (TPSA) is 67.0 Å². The van der Waals surface area contributed by atoms with Gasteiger partial charge in [-0.1, -0.05) is 11.6 Å². The molecule has 0 spiro atoms. The Morgan fingerprint density at radius 3 is 2.82 bits per heavy atom. The minimum absolute atomic E-state index is 0.140. The molecule has 8 heteroatoms. The number of hydrogen-bond donors (Lipinski definition) is 2. The van der Waals surface area contributed by atoms with Crippen molar-refractivity contribution in [3.63, 3.8) is 0 Å². The zero-order chi connectivity index (χ0) is 15.7. The summed E-state index contributed by atoms with van der Waals surface area (Å²) in [6.45, 7) is 0.681. The molecule has 116 valence electrons. The number of aromatic nitrogens is 2. The van der Waals surface area contributed by atoms with Crippen LogP contribution < -0.4 is 5.32 Å². The summed E-state index contributed by atoms with van der Waals surface area (Å²) in [5, 5.41) is 2.61. The molecule has 1 aromatic heterocycles. The number of imidazole rings is 1. The van der Waals surface area contributed by atoms with Crippen molar-refractivity contribution >= 4 is 17.5 Å². The number of H-pyrrole nitrogens is 1. The van der Waals surface area contributed by atoms with Crippen LogP contribution >= 0.6 is 11.6 Å².